The fourth-order valence-electron chi connectivity index (χ4n) is 3.71. The second-order valence-corrected chi connectivity index (χ2v) is 10.5. The van der Waals surface area contributed by atoms with Crippen LogP contribution >= 0.6 is 11.3 Å². The van der Waals surface area contributed by atoms with Gasteiger partial charge in [0.2, 0.25) is 5.91 Å². The summed E-state index contributed by atoms with van der Waals surface area (Å²) in [5.41, 5.74) is 1.93. The maximum atomic E-state index is 13.2. The van der Waals surface area contributed by atoms with Crippen LogP contribution in [0.1, 0.15) is 5.56 Å². The van der Waals surface area contributed by atoms with E-state index in [1.807, 2.05) is 24.3 Å². The first kappa shape index (κ1) is 21.3. The number of rotatable bonds is 6. The van der Waals surface area contributed by atoms with Gasteiger partial charge in [0.05, 0.1) is 20.9 Å². The average Bonchev–Trinajstić information content (AvgIpc) is 3.36. The van der Waals surface area contributed by atoms with Crippen LogP contribution in [0.15, 0.2) is 83.9 Å². The average molecular weight is 480 g/mol. The highest BCUT2D eigenvalue weighted by Gasteiger charge is 2.22. The number of nitrogens with one attached hydrogen (secondary N) is 1. The Morgan fingerprint density at radius 2 is 1.73 bits per heavy atom. The summed E-state index contributed by atoms with van der Waals surface area (Å²) < 4.78 is 42.1. The minimum Gasteiger partial charge on any atom is -0.337 e. The summed E-state index contributed by atoms with van der Waals surface area (Å²) in [4.78, 5) is 17.3. The van der Waals surface area contributed by atoms with Gasteiger partial charge in [-0.2, -0.15) is 0 Å². The van der Waals surface area contributed by atoms with Crippen molar-refractivity contribution in [3.63, 3.8) is 0 Å². The molecule has 0 atom stereocenters. The molecular formula is C24H18FN3O3S2. The van der Waals surface area contributed by atoms with Crippen LogP contribution < -0.4 is 5.32 Å². The molecule has 0 radical (unpaired) electrons. The molecule has 0 aliphatic heterocycles. The predicted molar refractivity (Wildman–Crippen MR) is 127 cm³/mol. The lowest BCUT2D eigenvalue weighted by atomic mass is 10.2. The molecule has 2 aromatic heterocycles. The molecule has 0 spiro atoms. The van der Waals surface area contributed by atoms with E-state index in [4.69, 9.17) is 0 Å². The molecular weight excluding hydrogens is 461 g/mol. The number of carbonyl (C=O) groups excluding carboxylic acids is 1. The van der Waals surface area contributed by atoms with Crippen molar-refractivity contribution < 1.29 is 17.6 Å². The number of halogens is 1. The van der Waals surface area contributed by atoms with Crippen LogP contribution in [-0.4, -0.2) is 23.9 Å². The van der Waals surface area contributed by atoms with E-state index in [1.165, 1.54) is 41.8 Å². The van der Waals surface area contributed by atoms with Gasteiger partial charge in [0, 0.05) is 17.1 Å². The summed E-state index contributed by atoms with van der Waals surface area (Å²) in [7, 11) is -3.73. The zero-order chi connectivity index (χ0) is 23.0. The lowest BCUT2D eigenvalue weighted by Gasteiger charge is -2.05. The molecule has 5 aromatic rings. The number of thiazole rings is 1. The topological polar surface area (TPSA) is 81.1 Å². The van der Waals surface area contributed by atoms with Gasteiger partial charge >= 0.3 is 0 Å². The number of hydrogen-bond donors (Lipinski definition) is 1. The predicted octanol–water partition coefficient (Wildman–Crippen LogP) is 5.00. The van der Waals surface area contributed by atoms with Crippen LogP contribution in [-0.2, 0) is 26.9 Å². The van der Waals surface area contributed by atoms with E-state index in [2.05, 4.69) is 10.3 Å². The Kier molecular flexibility index (Phi) is 5.43. The first-order chi connectivity index (χ1) is 15.9. The molecule has 5 rings (SSSR count). The Hall–Kier alpha value is -3.56. The van der Waals surface area contributed by atoms with Crippen LogP contribution in [0.25, 0.3) is 21.1 Å². The SMILES string of the molecule is O=C(Cn1cc(S(=O)(=O)Cc2ccc(F)cc2)c2ccccc21)Nc1nc2ccccc2s1. The largest absolute Gasteiger partial charge is 0.337 e. The number of sulfone groups is 1. The monoisotopic (exact) mass is 479 g/mol. The van der Waals surface area contributed by atoms with Crippen LogP contribution in [0, 0.1) is 5.82 Å². The van der Waals surface area contributed by atoms with Crippen molar-refractivity contribution in [3.05, 3.63) is 90.4 Å². The number of amides is 1. The molecule has 0 unspecified atom stereocenters. The van der Waals surface area contributed by atoms with Crippen molar-refractivity contribution in [1.29, 1.82) is 0 Å². The number of carbonyl (C=O) groups is 1. The molecule has 1 N–H and O–H groups in total. The first-order valence-electron chi connectivity index (χ1n) is 10.1. The lowest BCUT2D eigenvalue weighted by Crippen LogP contribution is -2.18. The number of para-hydroxylation sites is 2. The van der Waals surface area contributed by atoms with Crippen molar-refractivity contribution in [2.45, 2.75) is 17.2 Å². The Labute approximate surface area is 193 Å². The fourth-order valence-corrected chi connectivity index (χ4v) is 6.17. The lowest BCUT2D eigenvalue weighted by molar-refractivity contribution is -0.116. The van der Waals surface area contributed by atoms with Crippen LogP contribution in [0.5, 0.6) is 0 Å². The Morgan fingerprint density at radius 3 is 2.52 bits per heavy atom. The third-order valence-electron chi connectivity index (χ3n) is 5.21. The standard InChI is InChI=1S/C24H18FN3O3S2/c25-17-11-9-16(10-12-17)15-33(30,31)22-13-28(20-7-3-1-5-18(20)22)14-23(29)27-24-26-19-6-2-4-8-21(19)32-24/h1-13H,14-15H2,(H,26,27,29). The minimum absolute atomic E-state index is 0.0670. The van der Waals surface area contributed by atoms with Crippen LogP contribution in [0.4, 0.5) is 9.52 Å². The van der Waals surface area contributed by atoms with Crippen molar-refractivity contribution in [2.24, 2.45) is 0 Å². The van der Waals surface area contributed by atoms with Crippen molar-refractivity contribution in [1.82, 2.24) is 9.55 Å². The van der Waals surface area contributed by atoms with Crippen molar-refractivity contribution in [3.8, 4) is 0 Å². The Bertz CT molecular complexity index is 1560. The molecule has 0 saturated carbocycles. The molecule has 166 valence electrons. The first-order valence-corrected chi connectivity index (χ1v) is 12.6. The summed E-state index contributed by atoms with van der Waals surface area (Å²) in [5.74, 6) is -0.997. The second kappa shape index (κ2) is 8.42. The van der Waals surface area contributed by atoms with Gasteiger partial charge in [-0.15, -0.1) is 0 Å². The molecule has 1 amide bonds. The molecule has 0 aliphatic carbocycles. The number of aromatic nitrogens is 2. The van der Waals surface area contributed by atoms with E-state index in [1.54, 1.807) is 28.8 Å². The number of fused-ring (bicyclic) bond motifs is 2. The molecule has 33 heavy (non-hydrogen) atoms. The summed E-state index contributed by atoms with van der Waals surface area (Å²) >= 11 is 1.38. The smallest absolute Gasteiger partial charge is 0.246 e. The van der Waals surface area contributed by atoms with E-state index in [9.17, 15) is 17.6 Å². The summed E-state index contributed by atoms with van der Waals surface area (Å²) in [6.07, 6.45) is 1.49. The molecule has 0 fully saturated rings. The van der Waals surface area contributed by atoms with Crippen LogP contribution in [0.3, 0.4) is 0 Å². The maximum Gasteiger partial charge on any atom is 0.246 e. The molecule has 0 saturated heterocycles. The van der Waals surface area contributed by atoms with Gasteiger partial charge in [-0.1, -0.05) is 53.8 Å². The number of hydrogen-bond acceptors (Lipinski definition) is 5. The van der Waals surface area contributed by atoms with Crippen molar-refractivity contribution >= 4 is 53.3 Å². The highest BCUT2D eigenvalue weighted by atomic mass is 32.2. The van der Waals surface area contributed by atoms with E-state index in [0.717, 1.165) is 10.2 Å². The maximum absolute atomic E-state index is 13.2. The van der Waals surface area contributed by atoms with Gasteiger partial charge in [-0.05, 0) is 35.9 Å². The number of nitrogens with zero attached hydrogens (tertiary/aromatic N) is 2. The fraction of sp³-hybridized carbons (Fsp3) is 0.0833. The summed E-state index contributed by atoms with van der Waals surface area (Å²) in [6.45, 7) is -0.0670. The van der Waals surface area contributed by atoms with E-state index in [0.29, 0.717) is 21.6 Å². The van der Waals surface area contributed by atoms with Crippen LogP contribution in [0.2, 0.25) is 0 Å². The highest BCUT2D eigenvalue weighted by Crippen LogP contribution is 2.29. The Morgan fingerprint density at radius 1 is 1.00 bits per heavy atom. The summed E-state index contributed by atoms with van der Waals surface area (Å²) in [5, 5.41) is 3.82. The van der Waals surface area contributed by atoms with Gasteiger partial charge in [-0.25, -0.2) is 17.8 Å². The summed E-state index contributed by atoms with van der Waals surface area (Å²) in [6, 6.07) is 20.0. The van der Waals surface area contributed by atoms with Gasteiger partial charge in [0.15, 0.2) is 15.0 Å². The number of benzene rings is 3. The normalized spacial score (nSPS) is 11.8. The molecule has 3 aromatic carbocycles. The Balaban J connectivity index is 1.43. The third-order valence-corrected chi connectivity index (χ3v) is 7.87. The molecule has 0 aliphatic rings. The minimum atomic E-state index is -3.73. The van der Waals surface area contributed by atoms with Gasteiger partial charge in [-0.3, -0.25) is 4.79 Å². The van der Waals surface area contributed by atoms with E-state index >= 15 is 0 Å². The van der Waals surface area contributed by atoms with Gasteiger partial charge in [0.1, 0.15) is 12.4 Å². The van der Waals surface area contributed by atoms with Crippen molar-refractivity contribution in [2.75, 3.05) is 5.32 Å². The third kappa shape index (κ3) is 4.37. The molecule has 6 nitrogen and oxygen atoms in total. The van der Waals surface area contributed by atoms with E-state index in [-0.39, 0.29) is 23.1 Å². The van der Waals surface area contributed by atoms with Gasteiger partial charge < -0.3 is 9.88 Å². The van der Waals surface area contributed by atoms with Gasteiger partial charge in [0.25, 0.3) is 0 Å². The highest BCUT2D eigenvalue weighted by molar-refractivity contribution is 7.90. The van der Waals surface area contributed by atoms with E-state index < -0.39 is 15.7 Å². The number of anilines is 1. The molecule has 0 bridgehead atoms. The molecule has 9 heteroatoms. The molecule has 2 heterocycles. The quantitative estimate of drug-likeness (QED) is 0.372. The zero-order valence-electron chi connectivity index (χ0n) is 17.2. The second-order valence-electron chi connectivity index (χ2n) is 7.56. The zero-order valence-corrected chi connectivity index (χ0v) is 18.9.